The third kappa shape index (κ3) is 13.6. The van der Waals surface area contributed by atoms with Crippen LogP contribution >= 0.6 is 0 Å². The number of amides is 5. The van der Waals surface area contributed by atoms with Gasteiger partial charge >= 0.3 is 6.03 Å². The zero-order valence-electron chi connectivity index (χ0n) is 31.8. The Kier molecular flexibility index (Phi) is 17.0. The van der Waals surface area contributed by atoms with Crippen LogP contribution in [0.5, 0.6) is 0 Å². The van der Waals surface area contributed by atoms with Crippen molar-refractivity contribution in [2.45, 2.75) is 85.4 Å². The van der Waals surface area contributed by atoms with Gasteiger partial charge in [0.2, 0.25) is 17.7 Å². The average Bonchev–Trinajstić information content (AvgIpc) is 3.59. The number of nitrogens with one attached hydrogen (secondary N) is 4. The van der Waals surface area contributed by atoms with Crippen LogP contribution in [0.3, 0.4) is 0 Å². The van der Waals surface area contributed by atoms with Crippen molar-refractivity contribution in [1.29, 1.82) is 5.41 Å². The molecule has 53 heavy (non-hydrogen) atoms. The maximum Gasteiger partial charge on any atom is 0.327 e. The fourth-order valence-electron chi connectivity index (χ4n) is 5.46. The normalized spacial score (nSPS) is 19.9. The number of aliphatic imine (C=N–C) groups is 2. The van der Waals surface area contributed by atoms with E-state index < -0.39 is 41.4 Å². The molecule has 2 saturated heterocycles. The number of likely N-dealkylation sites (tertiary alicyclic amines) is 1. The molecule has 0 aromatic rings. The number of carbonyl (C=O) groups excluding carboxylic acids is 5. The number of rotatable bonds is 17. The summed E-state index contributed by atoms with van der Waals surface area (Å²) < 4.78 is 0. The van der Waals surface area contributed by atoms with Gasteiger partial charge in [-0.3, -0.25) is 29.4 Å². The van der Waals surface area contributed by atoms with Crippen LogP contribution in [0.15, 0.2) is 82.3 Å². The van der Waals surface area contributed by atoms with E-state index in [0.29, 0.717) is 41.9 Å². The largest absolute Gasteiger partial charge is 0.404 e. The Morgan fingerprint density at radius 2 is 1.89 bits per heavy atom. The first-order chi connectivity index (χ1) is 24.9. The first kappa shape index (κ1) is 43.7. The molecule has 5 amide bonds. The number of aliphatic hydroxyl groups is 1. The van der Waals surface area contributed by atoms with Gasteiger partial charge in [0.25, 0.3) is 0 Å². The fourth-order valence-corrected chi connectivity index (χ4v) is 5.46. The maximum absolute atomic E-state index is 14.0. The molecule has 2 fully saturated rings. The summed E-state index contributed by atoms with van der Waals surface area (Å²) in [7, 11) is 0. The van der Waals surface area contributed by atoms with Crippen LogP contribution in [-0.2, 0) is 19.2 Å². The van der Waals surface area contributed by atoms with Crippen LogP contribution < -0.4 is 21.7 Å². The lowest BCUT2D eigenvalue weighted by atomic mass is 9.86. The second kappa shape index (κ2) is 20.6. The van der Waals surface area contributed by atoms with Crippen molar-refractivity contribution in [3.63, 3.8) is 0 Å². The van der Waals surface area contributed by atoms with E-state index in [-0.39, 0.29) is 43.0 Å². The van der Waals surface area contributed by atoms with E-state index in [1.807, 2.05) is 20.8 Å². The number of nitrogens with zero attached hydrogens (tertiary/aromatic N) is 4. The lowest BCUT2D eigenvalue weighted by Crippen LogP contribution is -2.59. The molecule has 15 heteroatoms. The van der Waals surface area contributed by atoms with Gasteiger partial charge in [0.1, 0.15) is 29.5 Å². The quantitative estimate of drug-likeness (QED) is 0.0744. The van der Waals surface area contributed by atoms with E-state index in [9.17, 15) is 29.1 Å². The minimum absolute atomic E-state index is 0.0458. The van der Waals surface area contributed by atoms with Crippen LogP contribution in [0, 0.1) is 17.2 Å². The highest BCUT2D eigenvalue weighted by atomic mass is 16.3. The molecule has 0 aromatic heterocycles. The molecule has 0 spiro atoms. The monoisotopic (exact) mass is 733 g/mol. The fraction of sp³-hybridized carbons (Fsp3) is 0.474. The Morgan fingerprint density at radius 1 is 1.19 bits per heavy atom. The highest BCUT2D eigenvalue weighted by Gasteiger charge is 2.41. The van der Waals surface area contributed by atoms with E-state index in [1.165, 1.54) is 49.3 Å². The van der Waals surface area contributed by atoms with Gasteiger partial charge in [0.05, 0.1) is 24.9 Å². The molecule has 0 radical (unpaired) electrons. The summed E-state index contributed by atoms with van der Waals surface area (Å²) in [5, 5.41) is 26.9. The van der Waals surface area contributed by atoms with Crippen molar-refractivity contribution >= 4 is 47.4 Å². The summed E-state index contributed by atoms with van der Waals surface area (Å²) >= 11 is 0. The van der Waals surface area contributed by atoms with Crippen LogP contribution in [0.2, 0.25) is 0 Å². The van der Waals surface area contributed by atoms with Gasteiger partial charge < -0.3 is 31.8 Å². The van der Waals surface area contributed by atoms with Crippen molar-refractivity contribution in [3.05, 3.63) is 72.3 Å². The highest BCUT2D eigenvalue weighted by Crippen LogP contribution is 2.28. The minimum atomic E-state index is -1.32. The maximum atomic E-state index is 14.0. The van der Waals surface area contributed by atoms with E-state index in [0.717, 1.165) is 0 Å². The van der Waals surface area contributed by atoms with Crippen LogP contribution in [0.1, 0.15) is 67.7 Å². The van der Waals surface area contributed by atoms with Crippen LogP contribution in [-0.4, -0.2) is 99.6 Å². The molecular formula is C38H55N9O6. The summed E-state index contributed by atoms with van der Waals surface area (Å²) in [6.07, 6.45) is 13.9. The molecule has 0 aliphatic carbocycles. The molecule has 2 aliphatic heterocycles. The third-order valence-corrected chi connectivity index (χ3v) is 8.52. The number of ketones is 1. The smallest absolute Gasteiger partial charge is 0.327 e. The summed E-state index contributed by atoms with van der Waals surface area (Å²) in [6, 6.07) is -1.29. The second-order valence-electron chi connectivity index (χ2n) is 13.8. The SMILES string of the molecule is C=C(/C=C\C(C)=N)N=CN=C1NC(=O)N(/C=C/C(=C\C=C\C)C(O)C[C@H](C(=O)N2CCC[C@H]2C(=O)NC(C)(C)C(=O)NCC(C)=O)C(C)C)CC1=CN. The van der Waals surface area contributed by atoms with Gasteiger partial charge in [-0.15, -0.1) is 0 Å². The number of aliphatic hydroxyl groups excluding tert-OH is 1. The Bertz CT molecular complexity index is 1630. The average molecular weight is 734 g/mol. The predicted molar refractivity (Wildman–Crippen MR) is 207 cm³/mol. The number of Topliss-reactive ketones (excluding diaryl/α,β-unsaturated/α-hetero) is 1. The molecule has 7 N–H and O–H groups in total. The van der Waals surface area contributed by atoms with Gasteiger partial charge in [-0.05, 0) is 83.6 Å². The molecule has 2 heterocycles. The van der Waals surface area contributed by atoms with Crippen molar-refractivity contribution in [2.24, 2.45) is 27.6 Å². The molecule has 0 saturated carbocycles. The van der Waals surface area contributed by atoms with E-state index in [2.05, 4.69) is 32.5 Å². The lowest BCUT2D eigenvalue weighted by Gasteiger charge is -2.33. The summed E-state index contributed by atoms with van der Waals surface area (Å²) in [5.41, 5.74) is 6.19. The van der Waals surface area contributed by atoms with Crippen molar-refractivity contribution in [3.8, 4) is 0 Å². The molecule has 288 valence electrons. The molecule has 1 unspecified atom stereocenters. The van der Waals surface area contributed by atoms with E-state index >= 15 is 0 Å². The van der Waals surface area contributed by atoms with Gasteiger partial charge in [0.15, 0.2) is 0 Å². The molecular weight excluding hydrogens is 678 g/mol. The first-order valence-electron chi connectivity index (χ1n) is 17.5. The van der Waals surface area contributed by atoms with Gasteiger partial charge in [-0.2, -0.15) is 0 Å². The standard InChI is InChI=1S/C38H55N9O6/c1-9-10-12-28(16-18-46-22-29(20-39)33(44-37(46)53)43-23-42-26(5)15-14-25(4)40)32(49)19-30(24(2)3)35(51)47-17-11-13-31(47)34(50)45-38(7,8)36(52)41-21-27(6)48/h9-10,12,14-16,18,20,23-24,30-32,40,49H,5,11,13,17,19,21-22,39H2,1-4,6-8H3,(H,41,52)(H,45,50)(H,42,43,44,53)/b10-9+,15-14-,18-16+,28-12+,29-20?,40-25?/t30-,31-,32?/m0/s1. The number of hydrogen-bond acceptors (Lipinski definition) is 9. The van der Waals surface area contributed by atoms with Gasteiger partial charge in [-0.25, -0.2) is 14.8 Å². The third-order valence-electron chi connectivity index (χ3n) is 8.52. The van der Waals surface area contributed by atoms with E-state index in [1.54, 1.807) is 43.4 Å². The highest BCUT2D eigenvalue weighted by molar-refractivity contribution is 6.12. The Morgan fingerprint density at radius 3 is 2.49 bits per heavy atom. The first-order valence-corrected chi connectivity index (χ1v) is 17.5. The number of nitrogens with two attached hydrogens (primary N) is 1. The summed E-state index contributed by atoms with van der Waals surface area (Å²) in [6.45, 7) is 15.6. The molecule has 15 nitrogen and oxygen atoms in total. The van der Waals surface area contributed by atoms with Gasteiger partial charge in [-0.1, -0.05) is 38.7 Å². The molecule has 0 aromatic carbocycles. The number of amidine groups is 1. The molecule has 0 bridgehead atoms. The number of allylic oxidation sites excluding steroid dienone is 5. The Labute approximate surface area is 312 Å². The predicted octanol–water partition coefficient (Wildman–Crippen LogP) is 3.02. The zero-order valence-corrected chi connectivity index (χ0v) is 31.8. The minimum Gasteiger partial charge on any atom is -0.404 e. The number of urea groups is 1. The summed E-state index contributed by atoms with van der Waals surface area (Å²) in [4.78, 5) is 75.6. The molecule has 2 rings (SSSR count). The number of carbonyl (C=O) groups is 5. The Hall–Kier alpha value is -5.44. The molecule has 2 aliphatic rings. The number of hydrogen-bond donors (Lipinski definition) is 6. The van der Waals surface area contributed by atoms with Crippen LogP contribution in [0.25, 0.3) is 0 Å². The topological polar surface area (TPSA) is 223 Å². The lowest BCUT2D eigenvalue weighted by molar-refractivity contribution is -0.144. The van der Waals surface area contributed by atoms with Gasteiger partial charge in [0, 0.05) is 36.1 Å². The second-order valence-corrected chi connectivity index (χ2v) is 13.8. The molecule has 3 atom stereocenters. The van der Waals surface area contributed by atoms with Crippen molar-refractivity contribution in [1.82, 2.24) is 25.8 Å². The summed E-state index contributed by atoms with van der Waals surface area (Å²) in [5.74, 6) is -2.13. The van der Waals surface area contributed by atoms with Crippen molar-refractivity contribution < 1.29 is 29.1 Å². The van der Waals surface area contributed by atoms with E-state index in [4.69, 9.17) is 11.1 Å². The van der Waals surface area contributed by atoms with Crippen molar-refractivity contribution in [2.75, 3.05) is 19.6 Å². The van der Waals surface area contributed by atoms with Crippen LogP contribution in [0.4, 0.5) is 4.79 Å². The Balaban J connectivity index is 2.21. The zero-order chi connectivity index (χ0) is 39.9.